The highest BCUT2D eigenvalue weighted by molar-refractivity contribution is 9.11. The van der Waals surface area contributed by atoms with Gasteiger partial charge in [-0.05, 0) is 34.8 Å². The molecule has 6 heteroatoms. The van der Waals surface area contributed by atoms with Crippen LogP contribution in [0.15, 0.2) is 15.2 Å². The minimum absolute atomic E-state index is 0.0959. The molecule has 0 unspecified atom stereocenters. The lowest BCUT2D eigenvalue weighted by Crippen LogP contribution is -2.46. The molecule has 0 saturated carbocycles. The number of piperidine rings is 1. The van der Waals surface area contributed by atoms with E-state index < -0.39 is 0 Å². The van der Waals surface area contributed by atoms with Crippen molar-refractivity contribution in [1.29, 1.82) is 0 Å². The lowest BCUT2D eigenvalue weighted by Gasteiger charge is -2.38. The van der Waals surface area contributed by atoms with Crippen LogP contribution in [-0.4, -0.2) is 28.9 Å². The molecule has 1 aromatic rings. The Labute approximate surface area is 124 Å². The van der Waals surface area contributed by atoms with E-state index in [9.17, 15) is 4.79 Å². The van der Waals surface area contributed by atoms with Crippen LogP contribution in [0.25, 0.3) is 0 Å². The number of carbonyl (C=O) groups excluding carboxylic acids is 1. The van der Waals surface area contributed by atoms with Gasteiger partial charge in [0.05, 0.1) is 14.3 Å². The van der Waals surface area contributed by atoms with Gasteiger partial charge in [0.15, 0.2) is 0 Å². The summed E-state index contributed by atoms with van der Waals surface area (Å²) in [6.45, 7) is 3.53. The fourth-order valence-electron chi connectivity index (χ4n) is 2.05. The van der Waals surface area contributed by atoms with E-state index in [4.69, 9.17) is 18.0 Å². The van der Waals surface area contributed by atoms with Gasteiger partial charge in [-0.15, -0.1) is 11.3 Å². The van der Waals surface area contributed by atoms with E-state index in [1.165, 1.54) is 11.3 Å². The van der Waals surface area contributed by atoms with E-state index in [0.29, 0.717) is 4.99 Å². The minimum Gasteiger partial charge on any atom is -0.393 e. The summed E-state index contributed by atoms with van der Waals surface area (Å²) in [5.74, 6) is 0.0990. The molecular weight excluding hydrogens is 332 g/mol. The van der Waals surface area contributed by atoms with Crippen molar-refractivity contribution in [2.45, 2.75) is 19.8 Å². The first-order valence-corrected chi connectivity index (χ1v) is 7.84. The number of halogens is 1. The second kappa shape index (κ2) is 5.27. The number of rotatable bonds is 2. The second-order valence-electron chi connectivity index (χ2n) is 4.86. The summed E-state index contributed by atoms with van der Waals surface area (Å²) in [6.07, 6.45) is 1.69. The molecular formula is C12H15BrN2OS2. The predicted octanol–water partition coefficient (Wildman–Crippen LogP) is 3.04. The molecule has 1 amide bonds. The largest absolute Gasteiger partial charge is 0.393 e. The van der Waals surface area contributed by atoms with E-state index >= 15 is 0 Å². The van der Waals surface area contributed by atoms with Gasteiger partial charge in [-0.2, -0.15) is 0 Å². The van der Waals surface area contributed by atoms with Crippen LogP contribution in [0.4, 0.5) is 0 Å². The summed E-state index contributed by atoms with van der Waals surface area (Å²) in [4.78, 5) is 14.7. The highest BCUT2D eigenvalue weighted by atomic mass is 79.9. The monoisotopic (exact) mass is 346 g/mol. The number of carbonyl (C=O) groups is 1. The highest BCUT2D eigenvalue weighted by Crippen LogP contribution is 2.32. The molecule has 0 atom stereocenters. The summed E-state index contributed by atoms with van der Waals surface area (Å²) in [6, 6.07) is 1.87. The van der Waals surface area contributed by atoms with Crippen molar-refractivity contribution >= 4 is 50.4 Å². The Hall–Kier alpha value is -0.460. The van der Waals surface area contributed by atoms with E-state index in [1.54, 1.807) is 0 Å². The summed E-state index contributed by atoms with van der Waals surface area (Å²) in [5.41, 5.74) is 6.42. The van der Waals surface area contributed by atoms with Gasteiger partial charge in [-0.3, -0.25) is 4.79 Å². The van der Waals surface area contributed by atoms with E-state index in [1.807, 2.05) is 16.3 Å². The average molecular weight is 347 g/mol. The molecule has 1 saturated heterocycles. The summed E-state index contributed by atoms with van der Waals surface area (Å²) in [5, 5.41) is 1.88. The van der Waals surface area contributed by atoms with Gasteiger partial charge in [-0.1, -0.05) is 19.1 Å². The van der Waals surface area contributed by atoms with Crippen molar-refractivity contribution in [3.8, 4) is 0 Å². The van der Waals surface area contributed by atoms with Gasteiger partial charge in [-0.25, -0.2) is 0 Å². The standard InChI is InChI=1S/C12H15BrN2OS2/c1-12(11(14)17)2-4-15(5-3-12)10(16)8-6-9(13)18-7-8/h6-7H,2-5H2,1H3,(H2,14,17). The molecule has 98 valence electrons. The first kappa shape index (κ1) is 14.0. The fraction of sp³-hybridized carbons (Fsp3) is 0.500. The molecule has 0 aliphatic carbocycles. The zero-order chi connectivity index (χ0) is 13.3. The molecule has 0 radical (unpaired) electrons. The third-order valence-corrected chi connectivity index (χ3v) is 5.56. The fourth-order valence-corrected chi connectivity index (χ4v) is 3.39. The minimum atomic E-state index is -0.0959. The Morgan fingerprint density at radius 1 is 1.56 bits per heavy atom. The Bertz CT molecular complexity index is 478. The van der Waals surface area contributed by atoms with Crippen LogP contribution >= 0.6 is 39.5 Å². The number of hydrogen-bond donors (Lipinski definition) is 1. The van der Waals surface area contributed by atoms with Gasteiger partial charge in [0.1, 0.15) is 0 Å². The molecule has 0 spiro atoms. The number of thiophene rings is 1. The predicted molar refractivity (Wildman–Crippen MR) is 82.0 cm³/mol. The third-order valence-electron chi connectivity index (χ3n) is 3.56. The van der Waals surface area contributed by atoms with Crippen LogP contribution in [0.1, 0.15) is 30.1 Å². The molecule has 2 rings (SSSR count). The van der Waals surface area contributed by atoms with Gasteiger partial charge >= 0.3 is 0 Å². The molecule has 18 heavy (non-hydrogen) atoms. The summed E-state index contributed by atoms with van der Waals surface area (Å²) >= 11 is 10.0. The summed E-state index contributed by atoms with van der Waals surface area (Å²) < 4.78 is 0.982. The van der Waals surface area contributed by atoms with Crippen molar-refractivity contribution in [2.24, 2.45) is 11.1 Å². The molecule has 1 aromatic heterocycles. The van der Waals surface area contributed by atoms with Crippen LogP contribution < -0.4 is 5.73 Å². The number of nitrogens with zero attached hydrogens (tertiary/aromatic N) is 1. The Balaban J connectivity index is 2.02. The normalized spacial score (nSPS) is 18.7. The number of hydrogen-bond acceptors (Lipinski definition) is 3. The zero-order valence-electron chi connectivity index (χ0n) is 10.1. The quantitative estimate of drug-likeness (QED) is 0.837. The Kier molecular flexibility index (Phi) is 4.08. The second-order valence-corrected chi connectivity index (χ2v) is 7.59. The maximum absolute atomic E-state index is 12.2. The summed E-state index contributed by atoms with van der Waals surface area (Å²) in [7, 11) is 0. The van der Waals surface area contributed by atoms with Crippen molar-refractivity contribution in [1.82, 2.24) is 4.90 Å². The topological polar surface area (TPSA) is 46.3 Å². The third kappa shape index (κ3) is 2.75. The maximum Gasteiger partial charge on any atom is 0.254 e. The molecule has 0 bridgehead atoms. The van der Waals surface area contributed by atoms with E-state index in [0.717, 1.165) is 35.3 Å². The lowest BCUT2D eigenvalue weighted by molar-refractivity contribution is 0.0671. The van der Waals surface area contributed by atoms with Crippen LogP contribution in [0.5, 0.6) is 0 Å². The molecule has 1 aliphatic rings. The Morgan fingerprint density at radius 3 is 2.61 bits per heavy atom. The highest BCUT2D eigenvalue weighted by Gasteiger charge is 2.34. The van der Waals surface area contributed by atoms with Crippen molar-refractivity contribution in [3.63, 3.8) is 0 Å². The number of amides is 1. The smallest absolute Gasteiger partial charge is 0.254 e. The lowest BCUT2D eigenvalue weighted by atomic mass is 9.80. The van der Waals surface area contributed by atoms with Crippen molar-refractivity contribution in [3.05, 3.63) is 20.8 Å². The van der Waals surface area contributed by atoms with Crippen LogP contribution in [-0.2, 0) is 0 Å². The number of nitrogens with two attached hydrogens (primary N) is 1. The first-order valence-electron chi connectivity index (χ1n) is 5.75. The number of thiocarbonyl (C=S) groups is 1. The van der Waals surface area contributed by atoms with Gasteiger partial charge in [0.25, 0.3) is 5.91 Å². The first-order chi connectivity index (χ1) is 8.42. The van der Waals surface area contributed by atoms with Crippen LogP contribution in [0.2, 0.25) is 0 Å². The molecule has 0 aromatic carbocycles. The maximum atomic E-state index is 12.2. The van der Waals surface area contributed by atoms with Crippen molar-refractivity contribution < 1.29 is 4.79 Å². The van der Waals surface area contributed by atoms with Gasteiger partial charge < -0.3 is 10.6 Å². The van der Waals surface area contributed by atoms with Gasteiger partial charge in [0.2, 0.25) is 0 Å². The van der Waals surface area contributed by atoms with E-state index in [2.05, 4.69) is 22.9 Å². The van der Waals surface area contributed by atoms with Gasteiger partial charge in [0, 0.05) is 23.9 Å². The zero-order valence-corrected chi connectivity index (χ0v) is 13.3. The molecule has 2 N–H and O–H groups in total. The van der Waals surface area contributed by atoms with E-state index in [-0.39, 0.29) is 11.3 Å². The molecule has 3 nitrogen and oxygen atoms in total. The van der Waals surface area contributed by atoms with Crippen LogP contribution in [0.3, 0.4) is 0 Å². The average Bonchev–Trinajstić information content (AvgIpc) is 2.76. The Morgan fingerprint density at radius 2 is 2.17 bits per heavy atom. The SMILES string of the molecule is CC1(C(N)=S)CCN(C(=O)c2csc(Br)c2)CC1. The molecule has 1 fully saturated rings. The molecule has 1 aliphatic heterocycles. The number of likely N-dealkylation sites (tertiary alicyclic amines) is 1. The van der Waals surface area contributed by atoms with Crippen LogP contribution in [0, 0.1) is 5.41 Å². The van der Waals surface area contributed by atoms with Crippen molar-refractivity contribution in [2.75, 3.05) is 13.1 Å². The molecule has 2 heterocycles.